The van der Waals surface area contributed by atoms with E-state index < -0.39 is 6.04 Å². The molecule has 1 atom stereocenters. The molecule has 25 heavy (non-hydrogen) atoms. The average molecular weight is 334 g/mol. The van der Waals surface area contributed by atoms with Gasteiger partial charge in [0.15, 0.2) is 0 Å². The number of carbonyl (C=O) groups is 2. The van der Waals surface area contributed by atoms with Crippen LogP contribution >= 0.6 is 0 Å². The van der Waals surface area contributed by atoms with Crippen LogP contribution < -0.4 is 10.1 Å². The van der Waals surface area contributed by atoms with E-state index >= 15 is 0 Å². The van der Waals surface area contributed by atoms with Gasteiger partial charge in [0.1, 0.15) is 17.5 Å². The Kier molecular flexibility index (Phi) is 3.76. The number of hydrogen-bond donors (Lipinski definition) is 1. The zero-order valence-corrected chi connectivity index (χ0v) is 13.9. The molecule has 0 spiro atoms. The number of benzene rings is 2. The van der Waals surface area contributed by atoms with Gasteiger partial charge in [-0.15, -0.1) is 0 Å². The minimum Gasteiger partial charge on any atom is -0.497 e. The van der Waals surface area contributed by atoms with Gasteiger partial charge in [-0.1, -0.05) is 36.4 Å². The van der Waals surface area contributed by atoms with Crippen LogP contribution in [0.3, 0.4) is 0 Å². The molecule has 2 aliphatic rings. The Balaban J connectivity index is 1.66. The van der Waals surface area contributed by atoms with E-state index in [0.29, 0.717) is 24.4 Å². The number of nitrogens with one attached hydrogen (secondary N) is 1. The first-order chi connectivity index (χ1) is 12.2. The van der Waals surface area contributed by atoms with Crippen molar-refractivity contribution in [3.05, 3.63) is 70.9 Å². The predicted octanol–water partition coefficient (Wildman–Crippen LogP) is 2.12. The molecule has 5 heteroatoms. The highest BCUT2D eigenvalue weighted by atomic mass is 16.5. The molecule has 1 fully saturated rings. The van der Waals surface area contributed by atoms with Gasteiger partial charge in [0, 0.05) is 13.0 Å². The molecular weight excluding hydrogens is 316 g/mol. The molecule has 4 rings (SSSR count). The van der Waals surface area contributed by atoms with Crippen molar-refractivity contribution in [3.63, 3.8) is 0 Å². The highest BCUT2D eigenvalue weighted by Gasteiger charge is 2.40. The maximum absolute atomic E-state index is 12.9. The van der Waals surface area contributed by atoms with E-state index in [1.807, 2.05) is 48.5 Å². The molecule has 0 aliphatic carbocycles. The van der Waals surface area contributed by atoms with Crippen molar-refractivity contribution in [2.24, 2.45) is 0 Å². The molecule has 0 saturated carbocycles. The topological polar surface area (TPSA) is 58.6 Å². The lowest BCUT2D eigenvalue weighted by Gasteiger charge is -2.39. The van der Waals surface area contributed by atoms with Gasteiger partial charge >= 0.3 is 0 Å². The summed E-state index contributed by atoms with van der Waals surface area (Å²) in [5.41, 5.74) is 3.34. The van der Waals surface area contributed by atoms with Crippen LogP contribution in [-0.2, 0) is 22.6 Å². The first kappa shape index (κ1) is 15.4. The summed E-state index contributed by atoms with van der Waals surface area (Å²) in [5.74, 6) is 0.416. The second-order valence-electron chi connectivity index (χ2n) is 6.25. The normalized spacial score (nSPS) is 20.8. The van der Waals surface area contributed by atoms with Crippen molar-refractivity contribution in [1.29, 1.82) is 0 Å². The molecule has 2 aromatic carbocycles. The monoisotopic (exact) mass is 334 g/mol. The SMILES string of the molecule is COc1cccc(/C=C2/NC(=O)[C@H]3Cc4ccccc4CN3C2=O)c1. The van der Waals surface area contributed by atoms with E-state index in [0.717, 1.165) is 16.7 Å². The molecule has 2 amide bonds. The molecule has 0 bridgehead atoms. The third-order valence-electron chi connectivity index (χ3n) is 4.71. The number of fused-ring (bicyclic) bond motifs is 2. The Morgan fingerprint density at radius 3 is 2.72 bits per heavy atom. The molecular formula is C20H18N2O3. The Morgan fingerprint density at radius 2 is 1.92 bits per heavy atom. The van der Waals surface area contributed by atoms with Crippen LogP contribution in [0.15, 0.2) is 54.2 Å². The Labute approximate surface area is 145 Å². The number of carbonyl (C=O) groups excluding carboxylic acids is 2. The first-order valence-electron chi connectivity index (χ1n) is 8.20. The largest absolute Gasteiger partial charge is 0.497 e. The summed E-state index contributed by atoms with van der Waals surface area (Å²) in [7, 11) is 1.59. The van der Waals surface area contributed by atoms with Gasteiger partial charge in [0.05, 0.1) is 7.11 Å². The molecule has 0 unspecified atom stereocenters. The van der Waals surface area contributed by atoms with Crippen molar-refractivity contribution in [2.75, 3.05) is 7.11 Å². The fourth-order valence-electron chi connectivity index (χ4n) is 3.39. The van der Waals surface area contributed by atoms with E-state index in [2.05, 4.69) is 5.32 Å². The number of ether oxygens (including phenoxy) is 1. The number of piperazine rings is 1. The lowest BCUT2D eigenvalue weighted by molar-refractivity contribution is -0.143. The molecule has 0 radical (unpaired) electrons. The summed E-state index contributed by atoms with van der Waals surface area (Å²) in [6.07, 6.45) is 2.25. The van der Waals surface area contributed by atoms with Gasteiger partial charge in [0.25, 0.3) is 5.91 Å². The van der Waals surface area contributed by atoms with Crippen molar-refractivity contribution < 1.29 is 14.3 Å². The summed E-state index contributed by atoms with van der Waals surface area (Å²) in [5, 5.41) is 2.77. The first-order valence-corrected chi connectivity index (χ1v) is 8.20. The highest BCUT2D eigenvalue weighted by Crippen LogP contribution is 2.27. The molecule has 2 aliphatic heterocycles. The second-order valence-corrected chi connectivity index (χ2v) is 6.25. The summed E-state index contributed by atoms with van der Waals surface area (Å²) < 4.78 is 5.20. The molecule has 2 aromatic rings. The second kappa shape index (κ2) is 6.09. The quantitative estimate of drug-likeness (QED) is 0.856. The Morgan fingerprint density at radius 1 is 1.12 bits per heavy atom. The maximum atomic E-state index is 12.9. The summed E-state index contributed by atoms with van der Waals surface area (Å²) in [4.78, 5) is 27.1. The number of methoxy groups -OCH3 is 1. The fraction of sp³-hybridized carbons (Fsp3) is 0.200. The number of rotatable bonds is 2. The number of nitrogens with zero attached hydrogens (tertiary/aromatic N) is 1. The van der Waals surface area contributed by atoms with Crippen molar-refractivity contribution in [2.45, 2.75) is 19.0 Å². The van der Waals surface area contributed by atoms with Crippen LogP contribution in [0.25, 0.3) is 6.08 Å². The van der Waals surface area contributed by atoms with E-state index in [1.165, 1.54) is 0 Å². The van der Waals surface area contributed by atoms with Crippen LogP contribution in [0.4, 0.5) is 0 Å². The van der Waals surface area contributed by atoms with Crippen LogP contribution in [0.5, 0.6) is 5.75 Å². The third-order valence-corrected chi connectivity index (χ3v) is 4.71. The fourth-order valence-corrected chi connectivity index (χ4v) is 3.39. The van der Waals surface area contributed by atoms with E-state index in [1.54, 1.807) is 18.1 Å². The molecule has 1 N–H and O–H groups in total. The Hall–Kier alpha value is -3.08. The molecule has 5 nitrogen and oxygen atoms in total. The number of hydrogen-bond acceptors (Lipinski definition) is 3. The molecule has 126 valence electrons. The minimum absolute atomic E-state index is 0.136. The smallest absolute Gasteiger partial charge is 0.271 e. The minimum atomic E-state index is -0.440. The molecule has 2 heterocycles. The van der Waals surface area contributed by atoms with E-state index in [9.17, 15) is 9.59 Å². The van der Waals surface area contributed by atoms with Gasteiger partial charge in [0.2, 0.25) is 5.91 Å². The number of amides is 2. The third kappa shape index (κ3) is 2.78. The predicted molar refractivity (Wildman–Crippen MR) is 93.6 cm³/mol. The van der Waals surface area contributed by atoms with Crippen molar-refractivity contribution >= 4 is 17.9 Å². The van der Waals surface area contributed by atoms with Crippen LogP contribution in [0.1, 0.15) is 16.7 Å². The summed E-state index contributed by atoms with van der Waals surface area (Å²) in [6, 6.07) is 14.9. The van der Waals surface area contributed by atoms with Gasteiger partial charge < -0.3 is 15.0 Å². The van der Waals surface area contributed by atoms with Gasteiger partial charge in [-0.05, 0) is 34.9 Å². The van der Waals surface area contributed by atoms with Crippen molar-refractivity contribution in [1.82, 2.24) is 10.2 Å². The Bertz CT molecular complexity index is 888. The van der Waals surface area contributed by atoms with Crippen LogP contribution in [0, 0.1) is 0 Å². The van der Waals surface area contributed by atoms with Gasteiger partial charge in [-0.2, -0.15) is 0 Å². The lowest BCUT2D eigenvalue weighted by Crippen LogP contribution is -2.58. The maximum Gasteiger partial charge on any atom is 0.271 e. The zero-order chi connectivity index (χ0) is 17.4. The van der Waals surface area contributed by atoms with E-state index in [4.69, 9.17) is 4.74 Å². The van der Waals surface area contributed by atoms with Crippen LogP contribution in [-0.4, -0.2) is 29.9 Å². The molecule has 0 aromatic heterocycles. The van der Waals surface area contributed by atoms with Gasteiger partial charge in [-0.25, -0.2) is 0 Å². The molecule has 1 saturated heterocycles. The van der Waals surface area contributed by atoms with Crippen molar-refractivity contribution in [3.8, 4) is 5.75 Å². The van der Waals surface area contributed by atoms with E-state index in [-0.39, 0.29) is 11.8 Å². The highest BCUT2D eigenvalue weighted by molar-refractivity contribution is 6.07. The summed E-state index contributed by atoms with van der Waals surface area (Å²) >= 11 is 0. The standard InChI is InChI=1S/C20H18N2O3/c1-25-16-8-4-5-13(9-16)10-17-20(24)22-12-15-7-3-2-6-14(15)11-18(22)19(23)21-17/h2-10,18H,11-12H2,1H3,(H,21,23)/b17-10+/t18-/m1/s1. The van der Waals surface area contributed by atoms with Crippen LogP contribution in [0.2, 0.25) is 0 Å². The van der Waals surface area contributed by atoms with Gasteiger partial charge in [-0.3, -0.25) is 9.59 Å². The summed E-state index contributed by atoms with van der Waals surface area (Å²) in [6.45, 7) is 0.461. The average Bonchev–Trinajstić information content (AvgIpc) is 2.65. The lowest BCUT2D eigenvalue weighted by atomic mass is 9.91. The zero-order valence-electron chi connectivity index (χ0n) is 13.9.